The lowest BCUT2D eigenvalue weighted by Crippen LogP contribution is -2.30. The molecule has 1 aliphatic heterocycles. The summed E-state index contributed by atoms with van der Waals surface area (Å²) in [6, 6.07) is 3.76. The van der Waals surface area contributed by atoms with Crippen molar-refractivity contribution in [2.45, 2.75) is 26.4 Å². The van der Waals surface area contributed by atoms with Gasteiger partial charge >= 0.3 is 0 Å². The molecule has 0 radical (unpaired) electrons. The molecule has 0 aliphatic carbocycles. The van der Waals surface area contributed by atoms with Gasteiger partial charge in [-0.25, -0.2) is 9.50 Å². The molecule has 8 nitrogen and oxygen atoms in total. The van der Waals surface area contributed by atoms with Gasteiger partial charge in [0.05, 0.1) is 29.3 Å². The van der Waals surface area contributed by atoms with Crippen LogP contribution in [0.4, 0.5) is 0 Å². The minimum absolute atomic E-state index is 0.0200. The van der Waals surface area contributed by atoms with Gasteiger partial charge in [0.2, 0.25) is 0 Å². The number of hydrogen-bond acceptors (Lipinski definition) is 5. The topological polar surface area (TPSA) is 99.4 Å². The number of nitrogens with one attached hydrogen (secondary N) is 1. The molecule has 0 unspecified atom stereocenters. The maximum atomic E-state index is 12.9. The number of likely N-dealkylation sites (tertiary alicyclic amines) is 1. The van der Waals surface area contributed by atoms with Gasteiger partial charge in [-0.05, 0) is 26.3 Å². The average molecular weight is 340 g/mol. The van der Waals surface area contributed by atoms with Crippen LogP contribution in [-0.2, 0) is 6.42 Å². The van der Waals surface area contributed by atoms with Crippen molar-refractivity contribution < 1.29 is 9.90 Å². The predicted molar refractivity (Wildman–Crippen MR) is 90.2 cm³/mol. The maximum absolute atomic E-state index is 12.9. The number of aryl methyl sites for hydroxylation is 2. The van der Waals surface area contributed by atoms with Crippen LogP contribution in [0, 0.1) is 19.8 Å². The Balaban J connectivity index is 1.53. The lowest BCUT2D eigenvalue weighted by Gasteiger charge is -2.17. The highest BCUT2D eigenvalue weighted by molar-refractivity contribution is 5.95. The van der Waals surface area contributed by atoms with Crippen LogP contribution in [0.2, 0.25) is 0 Å². The molecule has 1 fully saturated rings. The van der Waals surface area contributed by atoms with Gasteiger partial charge in [0.1, 0.15) is 0 Å². The highest BCUT2D eigenvalue weighted by Gasteiger charge is 2.35. The van der Waals surface area contributed by atoms with Gasteiger partial charge in [-0.15, -0.1) is 0 Å². The summed E-state index contributed by atoms with van der Waals surface area (Å²) < 4.78 is 1.66. The molecule has 0 aromatic carbocycles. The highest BCUT2D eigenvalue weighted by Crippen LogP contribution is 2.23. The number of nitrogens with zero attached hydrogens (tertiary/aromatic N) is 5. The van der Waals surface area contributed by atoms with Gasteiger partial charge in [-0.2, -0.15) is 10.2 Å². The molecule has 3 aromatic rings. The minimum Gasteiger partial charge on any atom is -0.391 e. The maximum Gasteiger partial charge on any atom is 0.257 e. The predicted octanol–water partition coefficient (Wildman–Crippen LogP) is 0.745. The third kappa shape index (κ3) is 2.78. The molecule has 25 heavy (non-hydrogen) atoms. The normalized spacial score (nSPS) is 20.5. The van der Waals surface area contributed by atoms with Crippen molar-refractivity contribution in [2.24, 2.45) is 5.92 Å². The molecular formula is C17H20N6O2. The van der Waals surface area contributed by atoms with E-state index in [1.807, 2.05) is 19.9 Å². The number of rotatable bonds is 3. The molecule has 4 heterocycles. The summed E-state index contributed by atoms with van der Waals surface area (Å²) >= 11 is 0. The Bertz CT molecular complexity index is 930. The first kappa shape index (κ1) is 15.8. The van der Waals surface area contributed by atoms with E-state index in [0.717, 1.165) is 17.1 Å². The van der Waals surface area contributed by atoms with Crippen molar-refractivity contribution in [3.63, 3.8) is 0 Å². The number of amides is 1. The van der Waals surface area contributed by atoms with Crippen LogP contribution in [0.25, 0.3) is 5.65 Å². The van der Waals surface area contributed by atoms with E-state index < -0.39 is 6.10 Å². The number of fused-ring (bicyclic) bond motifs is 1. The summed E-state index contributed by atoms with van der Waals surface area (Å²) in [6.45, 7) is 4.62. The largest absolute Gasteiger partial charge is 0.391 e. The monoisotopic (exact) mass is 340 g/mol. The molecule has 8 heteroatoms. The summed E-state index contributed by atoms with van der Waals surface area (Å²) in [6.07, 6.45) is 3.34. The summed E-state index contributed by atoms with van der Waals surface area (Å²) in [5.74, 6) is -0.143. The fourth-order valence-electron chi connectivity index (χ4n) is 3.44. The van der Waals surface area contributed by atoms with Crippen molar-refractivity contribution in [3.05, 3.63) is 47.2 Å². The van der Waals surface area contributed by atoms with Crippen molar-refractivity contribution in [1.29, 1.82) is 0 Å². The Morgan fingerprint density at radius 3 is 3.00 bits per heavy atom. The van der Waals surface area contributed by atoms with Gasteiger partial charge in [-0.1, -0.05) is 0 Å². The van der Waals surface area contributed by atoms with Gasteiger partial charge in [0.25, 0.3) is 5.91 Å². The Morgan fingerprint density at radius 2 is 2.24 bits per heavy atom. The van der Waals surface area contributed by atoms with Crippen LogP contribution in [0.1, 0.15) is 27.4 Å². The Kier molecular flexibility index (Phi) is 3.76. The SMILES string of the molecule is Cc1cc(C[C@@H]2CN(C(=O)c3cnc4ccnn4c3C)C[C@H]2O)n[nH]1. The smallest absolute Gasteiger partial charge is 0.257 e. The third-order valence-electron chi connectivity index (χ3n) is 4.81. The van der Waals surface area contributed by atoms with E-state index in [1.165, 1.54) is 0 Å². The zero-order valence-corrected chi connectivity index (χ0v) is 14.2. The summed E-state index contributed by atoms with van der Waals surface area (Å²) in [5.41, 5.74) is 3.87. The van der Waals surface area contributed by atoms with Crippen LogP contribution in [0.5, 0.6) is 0 Å². The van der Waals surface area contributed by atoms with Crippen LogP contribution < -0.4 is 0 Å². The van der Waals surface area contributed by atoms with Crippen molar-refractivity contribution in [1.82, 2.24) is 29.7 Å². The number of aromatic nitrogens is 5. The zero-order chi connectivity index (χ0) is 17.6. The average Bonchev–Trinajstić information content (AvgIpc) is 3.29. The van der Waals surface area contributed by atoms with Crippen LogP contribution in [0.15, 0.2) is 24.5 Å². The molecule has 1 saturated heterocycles. The Morgan fingerprint density at radius 1 is 1.40 bits per heavy atom. The van der Waals surface area contributed by atoms with Crippen LogP contribution in [0.3, 0.4) is 0 Å². The number of aliphatic hydroxyl groups excluding tert-OH is 1. The zero-order valence-electron chi connectivity index (χ0n) is 14.2. The summed E-state index contributed by atoms with van der Waals surface area (Å²) in [5, 5.41) is 21.7. The molecule has 130 valence electrons. The fourth-order valence-corrected chi connectivity index (χ4v) is 3.44. The lowest BCUT2D eigenvalue weighted by molar-refractivity contribution is 0.0762. The molecule has 0 saturated carbocycles. The number of β-amino-alcohol motifs (C(OH)–C–C–N with tert-alkyl or cyclic N) is 1. The summed E-state index contributed by atoms with van der Waals surface area (Å²) in [7, 11) is 0. The van der Waals surface area contributed by atoms with Gasteiger partial charge in [-0.3, -0.25) is 9.89 Å². The second kappa shape index (κ2) is 5.96. The fraction of sp³-hybridized carbons (Fsp3) is 0.412. The van der Waals surface area contributed by atoms with E-state index in [9.17, 15) is 9.90 Å². The van der Waals surface area contributed by atoms with Crippen LogP contribution in [-0.4, -0.2) is 59.9 Å². The molecule has 1 aliphatic rings. The second-order valence-corrected chi connectivity index (χ2v) is 6.64. The van der Waals surface area contributed by atoms with E-state index in [-0.39, 0.29) is 11.8 Å². The van der Waals surface area contributed by atoms with E-state index in [0.29, 0.717) is 30.7 Å². The number of H-pyrrole nitrogens is 1. The first-order chi connectivity index (χ1) is 12.0. The third-order valence-corrected chi connectivity index (χ3v) is 4.81. The number of carbonyl (C=O) groups excluding carboxylic acids is 1. The number of aromatic amines is 1. The molecule has 2 N–H and O–H groups in total. The Hall–Kier alpha value is -2.74. The van der Waals surface area contributed by atoms with Gasteiger partial charge < -0.3 is 10.0 Å². The van der Waals surface area contributed by atoms with E-state index in [4.69, 9.17) is 0 Å². The second-order valence-electron chi connectivity index (χ2n) is 6.64. The molecule has 2 atom stereocenters. The number of hydrogen-bond donors (Lipinski definition) is 2. The molecular weight excluding hydrogens is 320 g/mol. The van der Waals surface area contributed by atoms with Gasteiger partial charge in [0.15, 0.2) is 5.65 Å². The van der Waals surface area contributed by atoms with Gasteiger partial charge in [0, 0.05) is 37.0 Å². The Labute approximate surface area is 144 Å². The van der Waals surface area contributed by atoms with Crippen molar-refractivity contribution in [2.75, 3.05) is 13.1 Å². The van der Waals surface area contributed by atoms with E-state index in [2.05, 4.69) is 20.3 Å². The lowest BCUT2D eigenvalue weighted by atomic mass is 10.0. The quantitative estimate of drug-likeness (QED) is 0.733. The number of carbonyl (C=O) groups is 1. The molecule has 3 aromatic heterocycles. The standard InChI is InChI=1S/C17H20N6O2/c1-10-5-13(21-20-10)6-12-8-22(9-15(12)24)17(25)14-7-18-16-3-4-19-23(16)11(14)2/h3-5,7,12,15,24H,6,8-9H2,1-2H3,(H,20,21)/t12-,15-/m1/s1. The summed E-state index contributed by atoms with van der Waals surface area (Å²) in [4.78, 5) is 18.9. The van der Waals surface area contributed by atoms with E-state index in [1.54, 1.807) is 27.9 Å². The highest BCUT2D eigenvalue weighted by atomic mass is 16.3. The molecule has 0 bridgehead atoms. The van der Waals surface area contributed by atoms with Crippen molar-refractivity contribution in [3.8, 4) is 0 Å². The van der Waals surface area contributed by atoms with E-state index >= 15 is 0 Å². The minimum atomic E-state index is -0.553. The van der Waals surface area contributed by atoms with Crippen molar-refractivity contribution >= 4 is 11.6 Å². The molecule has 0 spiro atoms. The molecule has 1 amide bonds. The first-order valence-electron chi connectivity index (χ1n) is 8.30. The number of aliphatic hydroxyl groups is 1. The first-order valence-corrected chi connectivity index (χ1v) is 8.30. The van der Waals surface area contributed by atoms with Crippen LogP contribution >= 0.6 is 0 Å². The molecule has 4 rings (SSSR count).